The molecule has 1 aliphatic carbocycles. The molecule has 1 unspecified atom stereocenters. The standard InChI is InChI=1S/C17H25NO2/c1-13(2)18(10-5-11-19)17(20)16-9-8-14-6-3-4-7-15(14)12-16/h3-4,6-7,13,16,19H,5,8-12H2,1-2H3. The Morgan fingerprint density at radius 2 is 2.05 bits per heavy atom. The van der Waals surface area contributed by atoms with E-state index in [1.165, 1.54) is 11.1 Å². The molecule has 3 heteroatoms. The van der Waals surface area contributed by atoms with E-state index in [0.717, 1.165) is 19.3 Å². The predicted molar refractivity (Wildman–Crippen MR) is 80.5 cm³/mol. The first kappa shape index (κ1) is 15.0. The molecule has 0 radical (unpaired) electrons. The van der Waals surface area contributed by atoms with Gasteiger partial charge in [0.1, 0.15) is 0 Å². The molecule has 0 aliphatic heterocycles. The molecular weight excluding hydrogens is 250 g/mol. The van der Waals surface area contributed by atoms with E-state index < -0.39 is 0 Å². The Hall–Kier alpha value is -1.35. The first-order chi connectivity index (χ1) is 9.63. The third-order valence-electron chi connectivity index (χ3n) is 4.16. The maximum Gasteiger partial charge on any atom is 0.226 e. The molecule has 1 N–H and O–H groups in total. The molecule has 1 aromatic rings. The minimum atomic E-state index is 0.103. The van der Waals surface area contributed by atoms with E-state index in [1.807, 2.05) is 18.7 Å². The van der Waals surface area contributed by atoms with Crippen molar-refractivity contribution in [1.82, 2.24) is 4.90 Å². The lowest BCUT2D eigenvalue weighted by Crippen LogP contribution is -2.43. The summed E-state index contributed by atoms with van der Waals surface area (Å²) in [6.45, 7) is 4.90. The minimum absolute atomic E-state index is 0.103. The number of rotatable bonds is 5. The highest BCUT2D eigenvalue weighted by atomic mass is 16.3. The van der Waals surface area contributed by atoms with Crippen LogP contribution in [0.2, 0.25) is 0 Å². The summed E-state index contributed by atoms with van der Waals surface area (Å²) in [6, 6.07) is 8.64. The molecule has 0 aromatic heterocycles. The summed E-state index contributed by atoms with van der Waals surface area (Å²) in [7, 11) is 0. The van der Waals surface area contributed by atoms with Crippen LogP contribution in [-0.2, 0) is 17.6 Å². The maximum absolute atomic E-state index is 12.7. The highest BCUT2D eigenvalue weighted by Crippen LogP contribution is 2.27. The SMILES string of the molecule is CC(C)N(CCCO)C(=O)C1CCc2ccccc2C1. The van der Waals surface area contributed by atoms with Crippen LogP contribution < -0.4 is 0 Å². The second kappa shape index (κ2) is 6.89. The molecule has 1 atom stereocenters. The van der Waals surface area contributed by atoms with Crippen LogP contribution in [0, 0.1) is 5.92 Å². The maximum atomic E-state index is 12.7. The molecule has 0 bridgehead atoms. The third kappa shape index (κ3) is 3.40. The highest BCUT2D eigenvalue weighted by Gasteiger charge is 2.29. The average molecular weight is 275 g/mol. The van der Waals surface area contributed by atoms with Crippen molar-refractivity contribution in [1.29, 1.82) is 0 Å². The second-order valence-electron chi connectivity index (χ2n) is 5.91. The van der Waals surface area contributed by atoms with Gasteiger partial charge in [-0.25, -0.2) is 0 Å². The van der Waals surface area contributed by atoms with Gasteiger partial charge in [-0.1, -0.05) is 24.3 Å². The fraction of sp³-hybridized carbons (Fsp3) is 0.588. The van der Waals surface area contributed by atoms with Crippen LogP contribution in [0.25, 0.3) is 0 Å². The molecule has 0 saturated carbocycles. The lowest BCUT2D eigenvalue weighted by Gasteiger charge is -2.32. The van der Waals surface area contributed by atoms with Gasteiger partial charge in [-0.3, -0.25) is 4.79 Å². The number of fused-ring (bicyclic) bond motifs is 1. The van der Waals surface area contributed by atoms with Gasteiger partial charge >= 0.3 is 0 Å². The zero-order valence-electron chi connectivity index (χ0n) is 12.5. The summed E-state index contributed by atoms with van der Waals surface area (Å²) >= 11 is 0. The molecular formula is C17H25NO2. The molecule has 1 aliphatic rings. The summed E-state index contributed by atoms with van der Waals surface area (Å²) < 4.78 is 0. The van der Waals surface area contributed by atoms with E-state index in [-0.39, 0.29) is 24.5 Å². The van der Waals surface area contributed by atoms with Crippen LogP contribution in [0.3, 0.4) is 0 Å². The quantitative estimate of drug-likeness (QED) is 0.896. The molecule has 0 saturated heterocycles. The first-order valence-corrected chi connectivity index (χ1v) is 7.61. The van der Waals surface area contributed by atoms with Gasteiger partial charge in [0.2, 0.25) is 5.91 Å². The molecule has 0 spiro atoms. The largest absolute Gasteiger partial charge is 0.396 e. The second-order valence-corrected chi connectivity index (χ2v) is 5.91. The summed E-state index contributed by atoms with van der Waals surface area (Å²) in [5, 5.41) is 8.98. The van der Waals surface area contributed by atoms with Crippen molar-refractivity contribution in [3.05, 3.63) is 35.4 Å². The van der Waals surface area contributed by atoms with E-state index >= 15 is 0 Å². The number of aliphatic hydroxyl groups is 1. The smallest absolute Gasteiger partial charge is 0.226 e. The van der Waals surface area contributed by atoms with Crippen LogP contribution in [0.1, 0.15) is 37.8 Å². The van der Waals surface area contributed by atoms with Crippen molar-refractivity contribution < 1.29 is 9.90 Å². The fourth-order valence-corrected chi connectivity index (χ4v) is 3.01. The fourth-order valence-electron chi connectivity index (χ4n) is 3.01. The summed E-state index contributed by atoms with van der Waals surface area (Å²) in [4.78, 5) is 14.6. The average Bonchev–Trinajstić information content (AvgIpc) is 2.46. The van der Waals surface area contributed by atoms with Gasteiger partial charge in [0.25, 0.3) is 0 Å². The molecule has 0 heterocycles. The van der Waals surface area contributed by atoms with Gasteiger partial charge in [0.15, 0.2) is 0 Å². The third-order valence-corrected chi connectivity index (χ3v) is 4.16. The van der Waals surface area contributed by atoms with Crippen LogP contribution in [0.5, 0.6) is 0 Å². The molecule has 3 nitrogen and oxygen atoms in total. The van der Waals surface area contributed by atoms with Crippen molar-refractivity contribution in [2.24, 2.45) is 5.92 Å². The van der Waals surface area contributed by atoms with E-state index in [4.69, 9.17) is 5.11 Å². The van der Waals surface area contributed by atoms with Gasteiger partial charge in [-0.2, -0.15) is 0 Å². The number of carbonyl (C=O) groups excluding carboxylic acids is 1. The Morgan fingerprint density at radius 3 is 2.70 bits per heavy atom. The van der Waals surface area contributed by atoms with Crippen LogP contribution in [0.4, 0.5) is 0 Å². The minimum Gasteiger partial charge on any atom is -0.396 e. The van der Waals surface area contributed by atoms with Crippen molar-refractivity contribution in [3.63, 3.8) is 0 Å². The van der Waals surface area contributed by atoms with Crippen molar-refractivity contribution in [3.8, 4) is 0 Å². The number of benzene rings is 1. The van der Waals surface area contributed by atoms with Crippen LogP contribution in [-0.4, -0.2) is 35.1 Å². The van der Waals surface area contributed by atoms with Crippen molar-refractivity contribution in [2.45, 2.75) is 45.6 Å². The predicted octanol–water partition coefficient (Wildman–Crippen LogP) is 2.41. The molecule has 110 valence electrons. The number of nitrogens with zero attached hydrogens (tertiary/aromatic N) is 1. The first-order valence-electron chi connectivity index (χ1n) is 7.61. The monoisotopic (exact) mass is 275 g/mol. The molecule has 1 amide bonds. The lowest BCUT2D eigenvalue weighted by molar-refractivity contribution is -0.137. The van der Waals surface area contributed by atoms with E-state index in [0.29, 0.717) is 13.0 Å². The number of hydrogen-bond donors (Lipinski definition) is 1. The normalized spacial score (nSPS) is 17.9. The van der Waals surface area contributed by atoms with Gasteiger partial charge in [-0.05, 0) is 50.7 Å². The van der Waals surface area contributed by atoms with E-state index in [2.05, 4.69) is 24.3 Å². The number of hydrogen-bond acceptors (Lipinski definition) is 2. The summed E-state index contributed by atoms with van der Waals surface area (Å²) in [6.07, 6.45) is 3.46. The number of aliphatic hydroxyl groups excluding tert-OH is 1. The molecule has 0 fully saturated rings. The summed E-state index contributed by atoms with van der Waals surface area (Å²) in [5.74, 6) is 0.356. The molecule has 1 aromatic carbocycles. The molecule has 2 rings (SSSR count). The Morgan fingerprint density at radius 1 is 1.35 bits per heavy atom. The Balaban J connectivity index is 2.06. The zero-order chi connectivity index (χ0) is 14.5. The lowest BCUT2D eigenvalue weighted by atomic mass is 9.83. The van der Waals surface area contributed by atoms with Crippen molar-refractivity contribution in [2.75, 3.05) is 13.2 Å². The number of amides is 1. The Bertz CT molecular complexity index is 456. The number of carbonyl (C=O) groups is 1. The van der Waals surface area contributed by atoms with Crippen LogP contribution in [0.15, 0.2) is 24.3 Å². The summed E-state index contributed by atoms with van der Waals surface area (Å²) in [5.41, 5.74) is 2.71. The van der Waals surface area contributed by atoms with Gasteiger partial charge in [0.05, 0.1) is 0 Å². The van der Waals surface area contributed by atoms with Gasteiger partial charge in [0, 0.05) is 25.1 Å². The van der Waals surface area contributed by atoms with E-state index in [1.54, 1.807) is 0 Å². The Kier molecular flexibility index (Phi) is 5.18. The zero-order valence-corrected chi connectivity index (χ0v) is 12.5. The van der Waals surface area contributed by atoms with Crippen LogP contribution >= 0.6 is 0 Å². The highest BCUT2D eigenvalue weighted by molar-refractivity contribution is 5.79. The Labute approximate surface area is 121 Å². The molecule has 20 heavy (non-hydrogen) atoms. The van der Waals surface area contributed by atoms with Gasteiger partial charge < -0.3 is 10.0 Å². The van der Waals surface area contributed by atoms with Crippen molar-refractivity contribution >= 4 is 5.91 Å². The number of aryl methyl sites for hydroxylation is 1. The van der Waals surface area contributed by atoms with E-state index in [9.17, 15) is 4.79 Å². The van der Waals surface area contributed by atoms with Gasteiger partial charge in [-0.15, -0.1) is 0 Å². The topological polar surface area (TPSA) is 40.5 Å².